The van der Waals surface area contributed by atoms with Crippen molar-refractivity contribution in [2.45, 2.75) is 116 Å². The fraction of sp³-hybridized carbons (Fsp3) is 0.826. The van der Waals surface area contributed by atoms with Gasteiger partial charge in [0.1, 0.15) is 0 Å². The topological polar surface area (TPSA) is 29.1 Å². The van der Waals surface area contributed by atoms with E-state index >= 15 is 0 Å². The summed E-state index contributed by atoms with van der Waals surface area (Å²) in [7, 11) is 0. The fourth-order valence-corrected chi connectivity index (χ4v) is 3.06. The molecular weight excluding hydrogens is 306 g/mol. The zero-order valence-electron chi connectivity index (χ0n) is 17.0. The SMILES string of the molecule is [CH2]CCNC(=O)C/C=C\CCCCCCCCCCCCCCCC. The van der Waals surface area contributed by atoms with Crippen LogP contribution in [0.1, 0.15) is 116 Å². The number of allylic oxidation sites excluding steroid dienone is 1. The Labute approximate surface area is 158 Å². The Morgan fingerprint density at radius 1 is 0.760 bits per heavy atom. The highest BCUT2D eigenvalue weighted by Gasteiger charge is 1.95. The summed E-state index contributed by atoms with van der Waals surface area (Å²) in [5.41, 5.74) is 0. The van der Waals surface area contributed by atoms with Crippen LogP contribution in [-0.4, -0.2) is 12.5 Å². The van der Waals surface area contributed by atoms with Gasteiger partial charge in [-0.2, -0.15) is 0 Å². The molecule has 0 aliphatic heterocycles. The lowest BCUT2D eigenvalue weighted by Crippen LogP contribution is -2.22. The molecule has 25 heavy (non-hydrogen) atoms. The zero-order valence-corrected chi connectivity index (χ0v) is 17.0. The molecule has 0 aromatic carbocycles. The van der Waals surface area contributed by atoms with Crippen LogP contribution in [0.15, 0.2) is 12.2 Å². The summed E-state index contributed by atoms with van der Waals surface area (Å²) >= 11 is 0. The second-order valence-corrected chi connectivity index (χ2v) is 7.26. The number of nitrogens with one attached hydrogen (secondary N) is 1. The number of hydrogen-bond donors (Lipinski definition) is 1. The summed E-state index contributed by atoms with van der Waals surface area (Å²) in [5.74, 6) is 0.112. The maximum atomic E-state index is 11.4. The summed E-state index contributed by atoms with van der Waals surface area (Å²) in [5, 5.41) is 2.83. The van der Waals surface area contributed by atoms with Crippen molar-refractivity contribution < 1.29 is 4.79 Å². The molecule has 0 aromatic heterocycles. The Balaban J connectivity index is 3.12. The van der Waals surface area contributed by atoms with Crippen molar-refractivity contribution in [3.8, 4) is 0 Å². The maximum Gasteiger partial charge on any atom is 0.223 e. The minimum atomic E-state index is 0.112. The quantitative estimate of drug-likeness (QED) is 0.194. The molecule has 0 fully saturated rings. The number of unbranched alkanes of at least 4 members (excludes halogenated alkanes) is 14. The molecule has 0 saturated heterocycles. The summed E-state index contributed by atoms with van der Waals surface area (Å²) in [6.45, 7) is 6.68. The Hall–Kier alpha value is -0.790. The van der Waals surface area contributed by atoms with E-state index in [1.807, 2.05) is 6.08 Å². The molecule has 1 amide bonds. The first-order chi connectivity index (χ1) is 12.3. The molecule has 0 heterocycles. The molecule has 0 aliphatic rings. The van der Waals surface area contributed by atoms with Gasteiger partial charge in [-0.25, -0.2) is 0 Å². The summed E-state index contributed by atoms with van der Waals surface area (Å²) in [6, 6.07) is 0. The molecule has 0 rings (SSSR count). The first kappa shape index (κ1) is 24.2. The monoisotopic (exact) mass is 350 g/mol. The van der Waals surface area contributed by atoms with Crippen LogP contribution < -0.4 is 5.32 Å². The smallest absolute Gasteiger partial charge is 0.223 e. The lowest BCUT2D eigenvalue weighted by molar-refractivity contribution is -0.120. The molecule has 0 aromatic rings. The molecule has 0 aliphatic carbocycles. The lowest BCUT2D eigenvalue weighted by Gasteiger charge is -2.03. The molecule has 0 unspecified atom stereocenters. The Morgan fingerprint density at radius 3 is 1.72 bits per heavy atom. The molecule has 1 radical (unpaired) electrons. The molecule has 0 atom stereocenters. The van der Waals surface area contributed by atoms with E-state index in [9.17, 15) is 4.79 Å². The van der Waals surface area contributed by atoms with Gasteiger partial charge >= 0.3 is 0 Å². The highest BCUT2D eigenvalue weighted by Crippen LogP contribution is 2.13. The number of carbonyl (C=O) groups is 1. The summed E-state index contributed by atoms with van der Waals surface area (Å²) in [6.07, 6.45) is 26.2. The van der Waals surface area contributed by atoms with Gasteiger partial charge in [0.05, 0.1) is 0 Å². The van der Waals surface area contributed by atoms with Crippen molar-refractivity contribution in [1.29, 1.82) is 0 Å². The van der Waals surface area contributed by atoms with Gasteiger partial charge in [0.15, 0.2) is 0 Å². The Morgan fingerprint density at radius 2 is 1.24 bits per heavy atom. The van der Waals surface area contributed by atoms with Crippen LogP contribution in [0.2, 0.25) is 0 Å². The third-order valence-electron chi connectivity index (χ3n) is 4.69. The van der Waals surface area contributed by atoms with Crippen LogP contribution in [-0.2, 0) is 4.79 Å². The van der Waals surface area contributed by atoms with E-state index in [1.165, 1.54) is 89.9 Å². The van der Waals surface area contributed by atoms with Gasteiger partial charge < -0.3 is 5.32 Å². The number of rotatable bonds is 19. The number of hydrogen-bond acceptors (Lipinski definition) is 1. The molecule has 0 bridgehead atoms. The summed E-state index contributed by atoms with van der Waals surface area (Å²) in [4.78, 5) is 11.4. The fourth-order valence-electron chi connectivity index (χ4n) is 3.06. The van der Waals surface area contributed by atoms with Crippen molar-refractivity contribution in [3.63, 3.8) is 0 Å². The molecule has 2 heteroatoms. The van der Waals surface area contributed by atoms with Crippen LogP contribution >= 0.6 is 0 Å². The van der Waals surface area contributed by atoms with Crippen LogP contribution in [0.25, 0.3) is 0 Å². The van der Waals surface area contributed by atoms with Gasteiger partial charge in [0.2, 0.25) is 5.91 Å². The van der Waals surface area contributed by atoms with E-state index in [2.05, 4.69) is 25.2 Å². The Bertz CT molecular complexity index is 298. The third-order valence-corrected chi connectivity index (χ3v) is 4.69. The van der Waals surface area contributed by atoms with E-state index < -0.39 is 0 Å². The van der Waals surface area contributed by atoms with E-state index in [1.54, 1.807) is 0 Å². The second-order valence-electron chi connectivity index (χ2n) is 7.26. The van der Waals surface area contributed by atoms with Gasteiger partial charge in [0.25, 0.3) is 0 Å². The molecule has 2 nitrogen and oxygen atoms in total. The van der Waals surface area contributed by atoms with Crippen molar-refractivity contribution in [3.05, 3.63) is 19.1 Å². The van der Waals surface area contributed by atoms with E-state index in [4.69, 9.17) is 0 Å². The van der Waals surface area contributed by atoms with E-state index in [0.29, 0.717) is 13.0 Å². The predicted octanol–water partition coefficient (Wildman–Crippen LogP) is 7.14. The molecule has 0 spiro atoms. The van der Waals surface area contributed by atoms with Gasteiger partial charge in [-0.1, -0.05) is 109 Å². The van der Waals surface area contributed by atoms with Crippen LogP contribution in [0.3, 0.4) is 0 Å². The molecule has 147 valence electrons. The predicted molar refractivity (Wildman–Crippen MR) is 112 cm³/mol. The highest BCUT2D eigenvalue weighted by molar-refractivity contribution is 5.77. The Kier molecular flexibility index (Phi) is 20.6. The summed E-state index contributed by atoms with van der Waals surface area (Å²) < 4.78 is 0. The van der Waals surface area contributed by atoms with Crippen molar-refractivity contribution >= 4 is 5.91 Å². The zero-order chi connectivity index (χ0) is 18.4. The van der Waals surface area contributed by atoms with E-state index in [0.717, 1.165) is 12.8 Å². The number of carbonyl (C=O) groups excluding carboxylic acids is 1. The van der Waals surface area contributed by atoms with Crippen molar-refractivity contribution in [1.82, 2.24) is 5.32 Å². The van der Waals surface area contributed by atoms with Crippen LogP contribution in [0.5, 0.6) is 0 Å². The third kappa shape index (κ3) is 21.2. The molecular formula is C23H44NO. The highest BCUT2D eigenvalue weighted by atomic mass is 16.1. The molecule has 0 saturated carbocycles. The maximum absolute atomic E-state index is 11.4. The number of amides is 1. The normalized spacial score (nSPS) is 11.3. The lowest BCUT2D eigenvalue weighted by atomic mass is 10.0. The van der Waals surface area contributed by atoms with Crippen molar-refractivity contribution in [2.24, 2.45) is 0 Å². The first-order valence-corrected chi connectivity index (χ1v) is 11.0. The largest absolute Gasteiger partial charge is 0.356 e. The van der Waals surface area contributed by atoms with Gasteiger partial charge in [0, 0.05) is 13.0 Å². The minimum Gasteiger partial charge on any atom is -0.356 e. The second kappa shape index (κ2) is 21.3. The first-order valence-electron chi connectivity index (χ1n) is 11.0. The van der Waals surface area contributed by atoms with Crippen LogP contribution in [0, 0.1) is 6.92 Å². The molecule has 1 N–H and O–H groups in total. The average molecular weight is 351 g/mol. The van der Waals surface area contributed by atoms with E-state index in [-0.39, 0.29) is 5.91 Å². The van der Waals surface area contributed by atoms with Gasteiger partial charge in [-0.3, -0.25) is 4.79 Å². The van der Waals surface area contributed by atoms with Gasteiger partial charge in [-0.15, -0.1) is 0 Å². The van der Waals surface area contributed by atoms with Crippen LogP contribution in [0.4, 0.5) is 0 Å². The average Bonchev–Trinajstić information content (AvgIpc) is 2.62. The van der Waals surface area contributed by atoms with Gasteiger partial charge in [-0.05, 0) is 19.3 Å². The van der Waals surface area contributed by atoms with Crippen molar-refractivity contribution in [2.75, 3.05) is 6.54 Å². The standard InChI is InChI=1S/C23H44NO/c1-3-5-6-7-8-9-10-11-12-13-14-15-16-17-18-19-20-21-23(25)24-22-4-2/h19-20H,2-18,21-22H2,1H3,(H,24,25)/b20-19-. The minimum absolute atomic E-state index is 0.112.